The predicted octanol–water partition coefficient (Wildman–Crippen LogP) is 3.50. The molecule has 0 radical (unpaired) electrons. The fourth-order valence-electron chi connectivity index (χ4n) is 2.45. The lowest BCUT2D eigenvalue weighted by atomic mass is 9.87. The van der Waals surface area contributed by atoms with E-state index in [-0.39, 0.29) is 0 Å². The minimum Gasteiger partial charge on any atom is -0.319 e. The van der Waals surface area contributed by atoms with Gasteiger partial charge in [-0.15, -0.1) is 0 Å². The first-order valence-corrected chi connectivity index (χ1v) is 6.62. The van der Waals surface area contributed by atoms with E-state index >= 15 is 0 Å². The minimum absolute atomic E-state index is 0.555. The Morgan fingerprint density at radius 2 is 2.00 bits per heavy atom. The Labute approximate surface area is 109 Å². The second kappa shape index (κ2) is 5.49. The maximum atomic E-state index is 4.46. The Hall–Kier alpha value is -1.41. The van der Waals surface area contributed by atoms with Gasteiger partial charge in [-0.05, 0) is 55.1 Å². The predicted molar refractivity (Wildman–Crippen MR) is 78.0 cm³/mol. The summed E-state index contributed by atoms with van der Waals surface area (Å²) in [4.78, 5) is 4.46. The van der Waals surface area contributed by atoms with E-state index in [2.05, 4.69) is 55.3 Å². The van der Waals surface area contributed by atoms with Gasteiger partial charge < -0.3 is 5.32 Å². The molecule has 2 rings (SSSR count). The van der Waals surface area contributed by atoms with Gasteiger partial charge in [0.15, 0.2) is 0 Å². The molecule has 2 nitrogen and oxygen atoms in total. The number of aryl methyl sites for hydroxylation is 1. The van der Waals surface area contributed by atoms with Crippen LogP contribution in [0, 0.1) is 12.8 Å². The lowest BCUT2D eigenvalue weighted by molar-refractivity contribution is 0.479. The van der Waals surface area contributed by atoms with Crippen molar-refractivity contribution in [2.45, 2.75) is 26.7 Å². The average Bonchev–Trinajstić information content (AvgIpc) is 2.34. The first-order valence-electron chi connectivity index (χ1n) is 6.62. The van der Waals surface area contributed by atoms with Crippen molar-refractivity contribution in [3.63, 3.8) is 0 Å². The van der Waals surface area contributed by atoms with Crippen molar-refractivity contribution in [1.82, 2.24) is 10.3 Å². The van der Waals surface area contributed by atoms with Gasteiger partial charge in [-0.1, -0.05) is 19.9 Å². The summed E-state index contributed by atoms with van der Waals surface area (Å²) in [6, 6.07) is 8.85. The smallest absolute Gasteiger partial charge is 0.0702 e. The number of likely N-dealkylation sites (N-methyl/N-ethyl adjacent to an activating group) is 1. The summed E-state index contributed by atoms with van der Waals surface area (Å²) in [6.45, 7) is 7.66. The average molecular weight is 242 g/mol. The molecule has 0 saturated heterocycles. The van der Waals surface area contributed by atoms with Crippen molar-refractivity contribution in [1.29, 1.82) is 0 Å². The fourth-order valence-corrected chi connectivity index (χ4v) is 2.45. The summed E-state index contributed by atoms with van der Waals surface area (Å²) in [7, 11) is 2.02. The largest absolute Gasteiger partial charge is 0.319 e. The van der Waals surface area contributed by atoms with E-state index in [9.17, 15) is 0 Å². The molecular weight excluding hydrogens is 220 g/mol. The van der Waals surface area contributed by atoms with Gasteiger partial charge in [-0.3, -0.25) is 4.98 Å². The summed E-state index contributed by atoms with van der Waals surface area (Å²) in [5.41, 5.74) is 3.70. The van der Waals surface area contributed by atoms with Crippen LogP contribution in [0.2, 0.25) is 0 Å². The number of hydrogen-bond acceptors (Lipinski definition) is 2. The van der Waals surface area contributed by atoms with Crippen LogP contribution in [0.4, 0.5) is 0 Å². The highest BCUT2D eigenvalue weighted by Gasteiger charge is 2.15. The summed E-state index contributed by atoms with van der Waals surface area (Å²) < 4.78 is 0. The van der Waals surface area contributed by atoms with Crippen molar-refractivity contribution in [3.8, 4) is 0 Å². The van der Waals surface area contributed by atoms with E-state index in [1.165, 1.54) is 16.5 Å². The molecule has 1 aromatic heterocycles. The summed E-state index contributed by atoms with van der Waals surface area (Å²) >= 11 is 0. The number of rotatable bonds is 4. The van der Waals surface area contributed by atoms with Gasteiger partial charge in [-0.2, -0.15) is 0 Å². The molecule has 1 N–H and O–H groups in total. The lowest BCUT2D eigenvalue weighted by Gasteiger charge is -2.21. The van der Waals surface area contributed by atoms with Crippen LogP contribution in [0.5, 0.6) is 0 Å². The molecule has 2 heteroatoms. The Kier molecular flexibility index (Phi) is 3.97. The molecule has 0 fully saturated rings. The molecule has 2 aromatic rings. The zero-order valence-electron chi connectivity index (χ0n) is 11.7. The second-order valence-electron chi connectivity index (χ2n) is 5.37. The van der Waals surface area contributed by atoms with Gasteiger partial charge in [0.2, 0.25) is 0 Å². The molecule has 0 saturated carbocycles. The monoisotopic (exact) mass is 242 g/mol. The molecule has 1 aromatic carbocycles. The highest BCUT2D eigenvalue weighted by molar-refractivity contribution is 5.79. The fraction of sp³-hybridized carbons (Fsp3) is 0.438. The van der Waals surface area contributed by atoms with Gasteiger partial charge in [0, 0.05) is 18.1 Å². The number of nitrogens with zero attached hydrogens (tertiary/aromatic N) is 1. The lowest BCUT2D eigenvalue weighted by Crippen LogP contribution is -2.21. The van der Waals surface area contributed by atoms with Crippen molar-refractivity contribution >= 4 is 10.9 Å². The van der Waals surface area contributed by atoms with Gasteiger partial charge >= 0.3 is 0 Å². The maximum absolute atomic E-state index is 4.46. The summed E-state index contributed by atoms with van der Waals surface area (Å²) in [5, 5.41) is 4.54. The second-order valence-corrected chi connectivity index (χ2v) is 5.37. The first-order chi connectivity index (χ1) is 8.61. The van der Waals surface area contributed by atoms with Gasteiger partial charge in [0.05, 0.1) is 5.52 Å². The van der Waals surface area contributed by atoms with E-state index in [1.54, 1.807) is 0 Å². The maximum Gasteiger partial charge on any atom is 0.0702 e. The Bertz CT molecular complexity index is 532. The molecular formula is C16H22N2. The number of fused-ring (bicyclic) bond motifs is 1. The van der Waals surface area contributed by atoms with Crippen molar-refractivity contribution in [2.24, 2.45) is 5.92 Å². The normalized spacial score (nSPS) is 13.2. The van der Waals surface area contributed by atoms with Crippen LogP contribution in [0.15, 0.2) is 30.5 Å². The topological polar surface area (TPSA) is 24.9 Å². The Balaban J connectivity index is 2.44. The molecule has 0 spiro atoms. The number of benzene rings is 1. The quantitative estimate of drug-likeness (QED) is 0.887. The van der Waals surface area contributed by atoms with Crippen LogP contribution in [-0.2, 0) is 0 Å². The molecule has 18 heavy (non-hydrogen) atoms. The van der Waals surface area contributed by atoms with Crippen molar-refractivity contribution in [3.05, 3.63) is 41.6 Å². The minimum atomic E-state index is 0.555. The number of aromatic nitrogens is 1. The molecule has 0 aliphatic rings. The highest BCUT2D eigenvalue weighted by Crippen LogP contribution is 2.26. The van der Waals surface area contributed by atoms with E-state index in [4.69, 9.17) is 0 Å². The van der Waals surface area contributed by atoms with E-state index in [0.29, 0.717) is 11.8 Å². The van der Waals surface area contributed by atoms with Crippen molar-refractivity contribution < 1.29 is 0 Å². The number of nitrogens with one attached hydrogen (secondary N) is 1. The number of hydrogen-bond donors (Lipinski definition) is 1. The summed E-state index contributed by atoms with van der Waals surface area (Å²) in [6.07, 6.45) is 1.93. The first kappa shape index (κ1) is 13.0. The molecule has 1 unspecified atom stereocenters. The zero-order chi connectivity index (χ0) is 13.1. The van der Waals surface area contributed by atoms with Crippen LogP contribution in [-0.4, -0.2) is 18.6 Å². The highest BCUT2D eigenvalue weighted by atomic mass is 14.8. The third-order valence-corrected chi connectivity index (χ3v) is 3.50. The van der Waals surface area contributed by atoms with Crippen LogP contribution in [0.3, 0.4) is 0 Å². The van der Waals surface area contributed by atoms with Gasteiger partial charge in [-0.25, -0.2) is 0 Å². The molecule has 0 aliphatic heterocycles. The van der Waals surface area contributed by atoms with Crippen LogP contribution < -0.4 is 5.32 Å². The zero-order valence-corrected chi connectivity index (χ0v) is 11.7. The molecule has 1 atom stereocenters. The van der Waals surface area contributed by atoms with E-state index in [1.807, 2.05) is 13.2 Å². The standard InChI is InChI=1S/C16H22N2/c1-11(2)15(10-17-4)13-5-6-16-14(8-13)7-12(3)9-18-16/h5-9,11,15,17H,10H2,1-4H3. The molecule has 96 valence electrons. The van der Waals surface area contributed by atoms with E-state index in [0.717, 1.165) is 12.1 Å². The summed E-state index contributed by atoms with van der Waals surface area (Å²) in [5.74, 6) is 1.19. The van der Waals surface area contributed by atoms with Gasteiger partial charge in [0.25, 0.3) is 0 Å². The number of pyridine rings is 1. The SMILES string of the molecule is CNCC(c1ccc2ncc(C)cc2c1)C(C)C. The van der Waals surface area contributed by atoms with E-state index < -0.39 is 0 Å². The molecule has 0 aliphatic carbocycles. The van der Waals surface area contributed by atoms with Crippen LogP contribution in [0.1, 0.15) is 30.9 Å². The van der Waals surface area contributed by atoms with Crippen LogP contribution in [0.25, 0.3) is 10.9 Å². The Morgan fingerprint density at radius 3 is 2.67 bits per heavy atom. The van der Waals surface area contributed by atoms with Crippen LogP contribution >= 0.6 is 0 Å². The molecule has 1 heterocycles. The van der Waals surface area contributed by atoms with Crippen molar-refractivity contribution in [2.75, 3.05) is 13.6 Å². The third kappa shape index (κ3) is 2.70. The molecule has 0 amide bonds. The third-order valence-electron chi connectivity index (χ3n) is 3.50. The van der Waals surface area contributed by atoms with Gasteiger partial charge in [0.1, 0.15) is 0 Å². The molecule has 0 bridgehead atoms. The Morgan fingerprint density at radius 1 is 1.22 bits per heavy atom.